The molecule has 116 valence electrons. The van der Waals surface area contributed by atoms with Crippen LogP contribution in [0.15, 0.2) is 18.2 Å². The Morgan fingerprint density at radius 1 is 1.43 bits per heavy atom. The third kappa shape index (κ3) is 3.95. The Bertz CT molecular complexity index is 482. The Labute approximate surface area is 125 Å². The zero-order valence-electron chi connectivity index (χ0n) is 12.8. The van der Waals surface area contributed by atoms with Gasteiger partial charge in [0, 0.05) is 31.4 Å². The molecule has 0 atom stereocenters. The molecule has 1 heterocycles. The summed E-state index contributed by atoms with van der Waals surface area (Å²) in [4.78, 5) is 14.5. The fourth-order valence-electron chi connectivity index (χ4n) is 2.67. The molecule has 0 saturated carbocycles. The molecule has 0 bridgehead atoms. The molecule has 1 aromatic carbocycles. The highest BCUT2D eigenvalue weighted by molar-refractivity contribution is 5.96. The number of hydrogen-bond acceptors (Lipinski definition) is 4. The second kappa shape index (κ2) is 7.43. The first-order chi connectivity index (χ1) is 10.2. The molecular weight excluding hydrogens is 268 g/mol. The van der Waals surface area contributed by atoms with E-state index >= 15 is 0 Å². The van der Waals surface area contributed by atoms with Gasteiger partial charge in [-0.1, -0.05) is 0 Å². The predicted molar refractivity (Wildman–Crippen MR) is 82.7 cm³/mol. The number of carbonyl (C=O) groups excluding carboxylic acids is 1. The van der Waals surface area contributed by atoms with E-state index in [1.807, 2.05) is 37.1 Å². The minimum atomic E-state index is 0.0517. The summed E-state index contributed by atoms with van der Waals surface area (Å²) in [6.07, 6.45) is 1.83. The van der Waals surface area contributed by atoms with Gasteiger partial charge in [0.25, 0.3) is 5.91 Å². The van der Waals surface area contributed by atoms with Gasteiger partial charge in [-0.15, -0.1) is 0 Å². The van der Waals surface area contributed by atoms with Gasteiger partial charge in [-0.3, -0.25) is 4.79 Å². The van der Waals surface area contributed by atoms with Crippen LogP contribution < -0.4 is 5.32 Å². The Hall–Kier alpha value is -1.59. The molecule has 1 amide bonds. The first-order valence-electron chi connectivity index (χ1n) is 7.46. The molecule has 1 aliphatic heterocycles. The van der Waals surface area contributed by atoms with Crippen LogP contribution in [0.1, 0.15) is 28.8 Å². The number of hydrogen-bond donors (Lipinski definition) is 2. The van der Waals surface area contributed by atoms with E-state index < -0.39 is 0 Å². The number of ether oxygens (including phenoxy) is 1. The lowest BCUT2D eigenvalue weighted by Crippen LogP contribution is -2.41. The number of nitrogens with zero attached hydrogens (tertiary/aromatic N) is 1. The summed E-state index contributed by atoms with van der Waals surface area (Å²) in [5, 5.41) is 11.8. The second-order valence-corrected chi connectivity index (χ2v) is 5.37. The Morgan fingerprint density at radius 3 is 2.71 bits per heavy atom. The number of aliphatic hydroxyl groups excluding tert-OH is 1. The number of piperidine rings is 1. The van der Waals surface area contributed by atoms with Crippen molar-refractivity contribution in [2.45, 2.75) is 25.9 Å². The zero-order chi connectivity index (χ0) is 15.2. The van der Waals surface area contributed by atoms with Crippen LogP contribution in [-0.2, 0) is 4.74 Å². The number of anilines is 1. The number of likely N-dealkylation sites (tertiary alicyclic amines) is 1. The highest BCUT2D eigenvalue weighted by Gasteiger charge is 2.24. The van der Waals surface area contributed by atoms with Crippen LogP contribution >= 0.6 is 0 Å². The number of benzene rings is 1. The smallest absolute Gasteiger partial charge is 0.254 e. The standard InChI is InChI=1S/C16H24N2O3/c1-12-11-13(17-2)3-4-15(12)16(20)18-7-5-14(6-8-18)21-10-9-19/h3-4,11,14,17,19H,5-10H2,1-2H3. The van der Waals surface area contributed by atoms with E-state index in [-0.39, 0.29) is 18.6 Å². The fraction of sp³-hybridized carbons (Fsp3) is 0.562. The van der Waals surface area contributed by atoms with Crippen molar-refractivity contribution in [3.63, 3.8) is 0 Å². The molecule has 1 saturated heterocycles. The molecule has 2 rings (SSSR count). The van der Waals surface area contributed by atoms with Crippen molar-refractivity contribution in [2.24, 2.45) is 0 Å². The molecule has 21 heavy (non-hydrogen) atoms. The van der Waals surface area contributed by atoms with E-state index in [0.29, 0.717) is 19.7 Å². The van der Waals surface area contributed by atoms with Crippen molar-refractivity contribution in [2.75, 3.05) is 38.7 Å². The molecule has 5 nitrogen and oxygen atoms in total. The third-order valence-electron chi connectivity index (χ3n) is 3.92. The van der Waals surface area contributed by atoms with E-state index in [0.717, 1.165) is 29.7 Å². The molecule has 1 fully saturated rings. The highest BCUT2D eigenvalue weighted by atomic mass is 16.5. The number of carbonyl (C=O) groups is 1. The van der Waals surface area contributed by atoms with Gasteiger partial charge >= 0.3 is 0 Å². The van der Waals surface area contributed by atoms with Crippen molar-refractivity contribution in [1.82, 2.24) is 4.90 Å². The first-order valence-corrected chi connectivity index (χ1v) is 7.46. The van der Waals surface area contributed by atoms with Crippen molar-refractivity contribution in [3.8, 4) is 0 Å². The highest BCUT2D eigenvalue weighted by Crippen LogP contribution is 2.20. The van der Waals surface area contributed by atoms with Crippen molar-refractivity contribution >= 4 is 11.6 Å². The van der Waals surface area contributed by atoms with E-state index in [1.165, 1.54) is 0 Å². The van der Waals surface area contributed by atoms with Crippen LogP contribution in [-0.4, -0.2) is 55.4 Å². The van der Waals surface area contributed by atoms with Gasteiger partial charge in [-0.2, -0.15) is 0 Å². The molecule has 0 spiro atoms. The quantitative estimate of drug-likeness (QED) is 0.866. The van der Waals surface area contributed by atoms with Gasteiger partial charge < -0.3 is 20.1 Å². The van der Waals surface area contributed by atoms with Crippen LogP contribution in [0.2, 0.25) is 0 Å². The molecule has 0 unspecified atom stereocenters. The summed E-state index contributed by atoms with van der Waals surface area (Å²) in [6, 6.07) is 5.81. The van der Waals surface area contributed by atoms with E-state index in [2.05, 4.69) is 5.32 Å². The lowest BCUT2D eigenvalue weighted by Gasteiger charge is -2.32. The molecule has 1 aromatic rings. The van der Waals surface area contributed by atoms with Crippen LogP contribution in [0.3, 0.4) is 0 Å². The normalized spacial score (nSPS) is 16.0. The maximum atomic E-state index is 12.6. The van der Waals surface area contributed by atoms with Crippen LogP contribution in [0.4, 0.5) is 5.69 Å². The molecule has 2 N–H and O–H groups in total. The maximum Gasteiger partial charge on any atom is 0.254 e. The molecule has 5 heteroatoms. The van der Waals surface area contributed by atoms with Crippen molar-refractivity contribution in [1.29, 1.82) is 0 Å². The molecule has 1 aliphatic rings. The minimum absolute atomic E-state index is 0.0517. The summed E-state index contributed by atoms with van der Waals surface area (Å²) >= 11 is 0. The summed E-state index contributed by atoms with van der Waals surface area (Å²) < 4.78 is 5.52. The summed E-state index contributed by atoms with van der Waals surface area (Å²) in [5.74, 6) is 0.0933. The lowest BCUT2D eigenvalue weighted by atomic mass is 10.0. The minimum Gasteiger partial charge on any atom is -0.394 e. The molecule has 0 aliphatic carbocycles. The van der Waals surface area contributed by atoms with Crippen LogP contribution in [0.25, 0.3) is 0 Å². The molecular formula is C16H24N2O3. The summed E-state index contributed by atoms with van der Waals surface area (Å²) in [6.45, 7) is 3.81. The first kappa shape index (κ1) is 15.8. The SMILES string of the molecule is CNc1ccc(C(=O)N2CCC(OCCO)CC2)c(C)c1. The molecule has 0 aromatic heterocycles. The number of aryl methyl sites for hydroxylation is 1. The van der Waals surface area contributed by atoms with Gasteiger partial charge in [-0.05, 0) is 43.5 Å². The van der Waals surface area contributed by atoms with Gasteiger partial charge in [-0.25, -0.2) is 0 Å². The Kier molecular flexibility index (Phi) is 5.59. The predicted octanol–water partition coefficient (Wildman–Crippen LogP) is 1.65. The van der Waals surface area contributed by atoms with Crippen molar-refractivity contribution < 1.29 is 14.6 Å². The molecule has 0 radical (unpaired) electrons. The average Bonchev–Trinajstić information content (AvgIpc) is 2.52. The Morgan fingerprint density at radius 2 is 2.14 bits per heavy atom. The van der Waals surface area contributed by atoms with Crippen LogP contribution in [0, 0.1) is 6.92 Å². The number of rotatable bonds is 5. The second-order valence-electron chi connectivity index (χ2n) is 5.37. The van der Waals surface area contributed by atoms with E-state index in [4.69, 9.17) is 9.84 Å². The number of amides is 1. The number of nitrogens with one attached hydrogen (secondary N) is 1. The lowest BCUT2D eigenvalue weighted by molar-refractivity contribution is -0.00555. The summed E-state index contributed by atoms with van der Waals surface area (Å²) in [7, 11) is 1.87. The topological polar surface area (TPSA) is 61.8 Å². The largest absolute Gasteiger partial charge is 0.394 e. The summed E-state index contributed by atoms with van der Waals surface area (Å²) in [5.41, 5.74) is 2.77. The van der Waals surface area contributed by atoms with Gasteiger partial charge in [0.2, 0.25) is 0 Å². The monoisotopic (exact) mass is 292 g/mol. The van der Waals surface area contributed by atoms with E-state index in [9.17, 15) is 4.79 Å². The maximum absolute atomic E-state index is 12.6. The average molecular weight is 292 g/mol. The van der Waals surface area contributed by atoms with Gasteiger partial charge in [0.1, 0.15) is 0 Å². The van der Waals surface area contributed by atoms with Gasteiger partial charge in [0.05, 0.1) is 19.3 Å². The number of aliphatic hydroxyl groups is 1. The van der Waals surface area contributed by atoms with E-state index in [1.54, 1.807) is 0 Å². The van der Waals surface area contributed by atoms with Crippen LogP contribution in [0.5, 0.6) is 0 Å². The van der Waals surface area contributed by atoms with Gasteiger partial charge in [0.15, 0.2) is 0 Å². The van der Waals surface area contributed by atoms with Crippen molar-refractivity contribution in [3.05, 3.63) is 29.3 Å². The Balaban J connectivity index is 1.95. The third-order valence-corrected chi connectivity index (χ3v) is 3.92. The zero-order valence-corrected chi connectivity index (χ0v) is 12.8. The fourth-order valence-corrected chi connectivity index (χ4v) is 2.67.